The summed E-state index contributed by atoms with van der Waals surface area (Å²) in [6, 6.07) is 31.2. The molecule has 0 fully saturated rings. The van der Waals surface area contributed by atoms with Crippen LogP contribution < -0.4 is 15.4 Å². The van der Waals surface area contributed by atoms with Gasteiger partial charge >= 0.3 is 0 Å². The van der Waals surface area contributed by atoms with Gasteiger partial charge in [0, 0.05) is 11.3 Å². The number of quaternary nitrogens is 1. The number of nitrogens with one attached hydrogen (secondary N) is 1. The molecule has 3 aromatic carbocycles. The quantitative estimate of drug-likeness (QED) is 0.433. The second kappa shape index (κ2) is 10.3. The first-order valence-electron chi connectivity index (χ1n) is 10.3. The average molecular weight is 413 g/mol. The normalized spacial score (nSPS) is 11.6. The van der Waals surface area contributed by atoms with Gasteiger partial charge in [-0.15, -0.1) is 0 Å². The zero-order valence-electron chi connectivity index (χ0n) is 17.1. The van der Waals surface area contributed by atoms with Crippen molar-refractivity contribution in [3.05, 3.63) is 120 Å². The number of nitrogens with two attached hydrogens (primary N) is 1. The summed E-state index contributed by atoms with van der Waals surface area (Å²) in [7, 11) is 0. The maximum absolute atomic E-state index is 12.5. The Labute approximate surface area is 181 Å². The topological polar surface area (TPSA) is 68.1 Å². The molecule has 0 bridgehead atoms. The Bertz CT molecular complexity index is 1060. The Kier molecular flexibility index (Phi) is 6.78. The molecule has 1 aromatic heterocycles. The van der Waals surface area contributed by atoms with E-state index in [9.17, 15) is 4.79 Å². The molecule has 5 nitrogen and oxygen atoms in total. The van der Waals surface area contributed by atoms with Crippen LogP contribution in [0.1, 0.15) is 22.9 Å². The number of benzene rings is 3. The minimum absolute atomic E-state index is 0.0734. The smallest absolute Gasteiger partial charge is 0.279 e. The van der Waals surface area contributed by atoms with E-state index in [1.54, 1.807) is 6.26 Å². The van der Waals surface area contributed by atoms with Crippen molar-refractivity contribution in [2.45, 2.75) is 12.6 Å². The van der Waals surface area contributed by atoms with Gasteiger partial charge in [0.15, 0.2) is 18.3 Å². The molecule has 0 saturated heterocycles. The van der Waals surface area contributed by atoms with E-state index in [1.165, 1.54) is 0 Å². The largest absolute Gasteiger partial charge is 0.489 e. The molecule has 0 aliphatic rings. The van der Waals surface area contributed by atoms with Crippen molar-refractivity contribution in [3.8, 4) is 5.75 Å². The number of ether oxygens (including phenoxy) is 1. The van der Waals surface area contributed by atoms with Crippen molar-refractivity contribution in [3.63, 3.8) is 0 Å². The van der Waals surface area contributed by atoms with Crippen molar-refractivity contribution in [1.29, 1.82) is 0 Å². The van der Waals surface area contributed by atoms with Crippen LogP contribution in [0.4, 0.5) is 5.69 Å². The van der Waals surface area contributed by atoms with Crippen molar-refractivity contribution in [2.24, 2.45) is 0 Å². The van der Waals surface area contributed by atoms with Crippen LogP contribution in [0, 0.1) is 0 Å². The first-order chi connectivity index (χ1) is 15.3. The lowest BCUT2D eigenvalue weighted by Crippen LogP contribution is -2.87. The number of hydrogen-bond acceptors (Lipinski definition) is 3. The molecule has 3 N–H and O–H groups in total. The number of anilines is 1. The Hall–Kier alpha value is -3.83. The Morgan fingerprint density at radius 1 is 0.871 bits per heavy atom. The summed E-state index contributed by atoms with van der Waals surface area (Å²) >= 11 is 0. The first-order valence-corrected chi connectivity index (χ1v) is 10.3. The fourth-order valence-corrected chi connectivity index (χ4v) is 3.36. The summed E-state index contributed by atoms with van der Waals surface area (Å²) in [5.41, 5.74) is 2.94. The Morgan fingerprint density at radius 3 is 2.26 bits per heavy atom. The number of rotatable bonds is 9. The molecule has 0 aliphatic carbocycles. The van der Waals surface area contributed by atoms with Gasteiger partial charge in [0.25, 0.3) is 5.91 Å². The van der Waals surface area contributed by atoms with Crippen molar-refractivity contribution >= 4 is 11.6 Å². The van der Waals surface area contributed by atoms with Gasteiger partial charge in [-0.3, -0.25) is 4.79 Å². The molecule has 0 spiro atoms. The van der Waals surface area contributed by atoms with E-state index < -0.39 is 0 Å². The van der Waals surface area contributed by atoms with Crippen LogP contribution in [0.2, 0.25) is 0 Å². The molecule has 4 aromatic rings. The summed E-state index contributed by atoms with van der Waals surface area (Å²) in [6.45, 7) is 0.779. The molecule has 1 amide bonds. The zero-order chi connectivity index (χ0) is 21.3. The molecule has 4 rings (SSSR count). The number of furan rings is 1. The second-order valence-corrected chi connectivity index (χ2v) is 7.19. The van der Waals surface area contributed by atoms with Crippen molar-refractivity contribution in [2.75, 3.05) is 11.9 Å². The molecular weight excluding hydrogens is 388 g/mol. The second-order valence-electron chi connectivity index (χ2n) is 7.19. The summed E-state index contributed by atoms with van der Waals surface area (Å²) < 4.78 is 11.4. The molecule has 1 atom stereocenters. The first kappa shape index (κ1) is 20.4. The number of carbonyl (C=O) groups excluding carboxylic acids is 1. The summed E-state index contributed by atoms with van der Waals surface area (Å²) in [6.07, 6.45) is 1.65. The molecule has 0 unspecified atom stereocenters. The highest BCUT2D eigenvalue weighted by Crippen LogP contribution is 2.19. The maximum Gasteiger partial charge on any atom is 0.279 e. The third-order valence-corrected chi connectivity index (χ3v) is 4.93. The number of hydrogen-bond donors (Lipinski definition) is 2. The zero-order valence-corrected chi connectivity index (χ0v) is 17.1. The van der Waals surface area contributed by atoms with Crippen LogP contribution in [-0.4, -0.2) is 12.5 Å². The van der Waals surface area contributed by atoms with Gasteiger partial charge in [-0.25, -0.2) is 0 Å². The van der Waals surface area contributed by atoms with Crippen LogP contribution >= 0.6 is 0 Å². The number of amides is 1. The molecule has 156 valence electrons. The Morgan fingerprint density at radius 2 is 1.58 bits per heavy atom. The molecule has 0 radical (unpaired) electrons. The third-order valence-electron chi connectivity index (χ3n) is 4.93. The summed E-state index contributed by atoms with van der Waals surface area (Å²) in [5, 5.41) is 4.91. The lowest BCUT2D eigenvalue weighted by molar-refractivity contribution is -0.678. The maximum atomic E-state index is 12.5. The molecule has 0 aliphatic heterocycles. The monoisotopic (exact) mass is 413 g/mol. The molecular formula is C26H25N2O3+. The summed E-state index contributed by atoms with van der Waals surface area (Å²) in [5.74, 6) is 1.50. The highest BCUT2D eigenvalue weighted by molar-refractivity contribution is 5.91. The third kappa shape index (κ3) is 5.84. The van der Waals surface area contributed by atoms with E-state index in [4.69, 9.17) is 9.15 Å². The van der Waals surface area contributed by atoms with E-state index in [0.29, 0.717) is 6.61 Å². The molecule has 0 saturated carbocycles. The van der Waals surface area contributed by atoms with E-state index in [-0.39, 0.29) is 18.5 Å². The minimum atomic E-state index is -0.0783. The molecule has 5 heteroatoms. The van der Waals surface area contributed by atoms with Crippen LogP contribution in [-0.2, 0) is 11.4 Å². The fraction of sp³-hybridized carbons (Fsp3) is 0.115. The van der Waals surface area contributed by atoms with Gasteiger partial charge in [-0.2, -0.15) is 0 Å². The van der Waals surface area contributed by atoms with Gasteiger partial charge in [-0.05, 0) is 42.0 Å². The van der Waals surface area contributed by atoms with Crippen molar-refractivity contribution in [1.82, 2.24) is 0 Å². The van der Waals surface area contributed by atoms with Gasteiger partial charge in [0.1, 0.15) is 12.4 Å². The van der Waals surface area contributed by atoms with Gasteiger partial charge in [0.05, 0.1) is 6.26 Å². The van der Waals surface area contributed by atoms with E-state index in [0.717, 1.165) is 28.3 Å². The van der Waals surface area contributed by atoms with E-state index >= 15 is 0 Å². The predicted octanol–water partition coefficient (Wildman–Crippen LogP) is 4.15. The van der Waals surface area contributed by atoms with Crippen LogP contribution in [0.5, 0.6) is 5.75 Å². The summed E-state index contributed by atoms with van der Waals surface area (Å²) in [4.78, 5) is 12.5. The standard InChI is InChI=1S/C26H24N2O3/c29-25(18-27-26(24-12-7-17-30-24)21-10-5-2-6-11-21)28-22-13-15-23(16-14-22)31-19-20-8-3-1-4-9-20/h1-17,26-27H,18-19H2,(H,28,29)/p+1/t26-/m1/s1. The Balaban J connectivity index is 1.30. The average Bonchev–Trinajstić information content (AvgIpc) is 3.35. The van der Waals surface area contributed by atoms with Crippen LogP contribution in [0.25, 0.3) is 0 Å². The highest BCUT2D eigenvalue weighted by Gasteiger charge is 2.21. The van der Waals surface area contributed by atoms with Gasteiger partial charge in [0.2, 0.25) is 0 Å². The SMILES string of the molecule is O=C(C[NH2+][C@H](c1ccccc1)c1ccco1)Nc1ccc(OCc2ccccc2)cc1. The molecule has 31 heavy (non-hydrogen) atoms. The van der Waals surface area contributed by atoms with E-state index in [2.05, 4.69) is 5.32 Å². The lowest BCUT2D eigenvalue weighted by Gasteiger charge is -2.14. The lowest BCUT2D eigenvalue weighted by atomic mass is 10.0. The predicted molar refractivity (Wildman–Crippen MR) is 120 cm³/mol. The minimum Gasteiger partial charge on any atom is -0.489 e. The van der Waals surface area contributed by atoms with Gasteiger partial charge in [-0.1, -0.05) is 60.7 Å². The van der Waals surface area contributed by atoms with Crippen LogP contribution in [0.3, 0.4) is 0 Å². The van der Waals surface area contributed by atoms with Crippen LogP contribution in [0.15, 0.2) is 108 Å². The van der Waals surface area contributed by atoms with Crippen molar-refractivity contribution < 1.29 is 19.3 Å². The molecule has 1 heterocycles. The van der Waals surface area contributed by atoms with E-state index in [1.807, 2.05) is 102 Å². The number of carbonyl (C=O) groups is 1. The van der Waals surface area contributed by atoms with Gasteiger partial charge < -0.3 is 19.8 Å². The highest BCUT2D eigenvalue weighted by atomic mass is 16.5. The fourth-order valence-electron chi connectivity index (χ4n) is 3.36.